The number of carboxylic acid groups (broad SMARTS) is 1. The van der Waals surface area contributed by atoms with E-state index in [4.69, 9.17) is 9.47 Å². The molecule has 1 aliphatic carbocycles. The molecule has 0 bridgehead atoms. The van der Waals surface area contributed by atoms with Crippen LogP contribution in [0.4, 0.5) is 4.79 Å². The van der Waals surface area contributed by atoms with E-state index in [-0.39, 0.29) is 37.8 Å². The minimum atomic E-state index is -1.36. The number of hydrogen-bond donors (Lipinski definition) is 2. The Kier molecular flexibility index (Phi) is 6.88. The van der Waals surface area contributed by atoms with Crippen molar-refractivity contribution in [3.05, 3.63) is 59.7 Å². The van der Waals surface area contributed by atoms with Crippen molar-refractivity contribution in [1.82, 2.24) is 10.2 Å². The maximum atomic E-state index is 12.7. The zero-order chi connectivity index (χ0) is 24.3. The van der Waals surface area contributed by atoms with Gasteiger partial charge in [-0.1, -0.05) is 55.5 Å². The van der Waals surface area contributed by atoms with Crippen molar-refractivity contribution in [2.75, 3.05) is 26.8 Å². The molecule has 2 aliphatic rings. The van der Waals surface area contributed by atoms with Crippen LogP contribution in [-0.2, 0) is 19.1 Å². The highest BCUT2D eigenvalue weighted by molar-refractivity contribution is 5.83. The number of nitrogens with one attached hydrogen (secondary N) is 1. The van der Waals surface area contributed by atoms with E-state index in [1.807, 2.05) is 31.2 Å². The molecule has 2 aromatic carbocycles. The summed E-state index contributed by atoms with van der Waals surface area (Å²) in [6, 6.07) is 15.8. The first-order chi connectivity index (χ1) is 16.4. The van der Waals surface area contributed by atoms with Crippen LogP contribution < -0.4 is 5.32 Å². The minimum Gasteiger partial charge on any atom is -0.479 e. The van der Waals surface area contributed by atoms with Crippen LogP contribution in [0, 0.1) is 0 Å². The highest BCUT2D eigenvalue weighted by atomic mass is 16.5. The van der Waals surface area contributed by atoms with Gasteiger partial charge in [0.05, 0.1) is 6.54 Å². The number of nitrogens with zero attached hydrogens (tertiary/aromatic N) is 1. The second-order valence-electron chi connectivity index (χ2n) is 8.85. The smallest absolute Gasteiger partial charge is 0.407 e. The summed E-state index contributed by atoms with van der Waals surface area (Å²) >= 11 is 0. The second kappa shape index (κ2) is 9.85. The number of benzene rings is 2. The molecule has 4 rings (SSSR count). The van der Waals surface area contributed by atoms with Crippen molar-refractivity contribution in [2.45, 2.75) is 43.7 Å². The average Bonchev–Trinajstić information content (AvgIpc) is 3.43. The van der Waals surface area contributed by atoms with Crippen LogP contribution in [0.15, 0.2) is 48.5 Å². The third-order valence-electron chi connectivity index (χ3n) is 6.94. The molecular formula is C26H30N2O6. The molecule has 8 heteroatoms. The first kappa shape index (κ1) is 23.8. The molecule has 0 aromatic heterocycles. The van der Waals surface area contributed by atoms with Crippen LogP contribution in [0.1, 0.15) is 43.2 Å². The van der Waals surface area contributed by atoms with Crippen LogP contribution in [0.25, 0.3) is 11.1 Å². The van der Waals surface area contributed by atoms with Crippen molar-refractivity contribution in [1.29, 1.82) is 0 Å². The van der Waals surface area contributed by atoms with Gasteiger partial charge in [-0.3, -0.25) is 4.79 Å². The van der Waals surface area contributed by atoms with Crippen LogP contribution in [-0.4, -0.2) is 66.4 Å². The van der Waals surface area contributed by atoms with Gasteiger partial charge >= 0.3 is 12.1 Å². The number of alkyl carbamates (subject to hydrolysis) is 1. The van der Waals surface area contributed by atoms with Crippen molar-refractivity contribution in [2.24, 2.45) is 0 Å². The van der Waals surface area contributed by atoms with Crippen molar-refractivity contribution in [3.8, 4) is 11.1 Å². The monoisotopic (exact) mass is 466 g/mol. The van der Waals surface area contributed by atoms with Crippen molar-refractivity contribution >= 4 is 18.0 Å². The summed E-state index contributed by atoms with van der Waals surface area (Å²) in [6.07, 6.45) is 0.277. The molecule has 2 unspecified atom stereocenters. The minimum absolute atomic E-state index is 0.000947. The molecular weight excluding hydrogens is 436 g/mol. The summed E-state index contributed by atoms with van der Waals surface area (Å²) in [7, 11) is 1.34. The standard InChI is InChI=1S/C26H30N2O6/c1-3-17(14-23(29)28-13-12-26(16-28,33-2)24(30)31)27-25(32)34-15-22-20-10-6-4-8-18(20)19-9-5-7-11-21(19)22/h4-11,17,22H,3,12-16H2,1-2H3,(H,27,32)(H,30,31). The molecule has 2 N–H and O–H groups in total. The van der Waals surface area contributed by atoms with Crippen LogP contribution in [0.2, 0.25) is 0 Å². The molecule has 1 fully saturated rings. The average molecular weight is 467 g/mol. The number of ether oxygens (including phenoxy) is 2. The van der Waals surface area contributed by atoms with Crippen molar-refractivity contribution < 1.29 is 29.0 Å². The Bertz CT molecular complexity index is 1040. The predicted molar refractivity (Wildman–Crippen MR) is 125 cm³/mol. The van der Waals surface area contributed by atoms with Crippen LogP contribution in [0.5, 0.6) is 0 Å². The Morgan fingerprint density at radius 3 is 2.26 bits per heavy atom. The fourth-order valence-electron chi connectivity index (χ4n) is 4.87. The highest BCUT2D eigenvalue weighted by Gasteiger charge is 2.46. The molecule has 1 aliphatic heterocycles. The molecule has 8 nitrogen and oxygen atoms in total. The van der Waals surface area contributed by atoms with E-state index in [9.17, 15) is 19.5 Å². The van der Waals surface area contributed by atoms with Gasteiger partial charge in [-0.05, 0) is 28.7 Å². The van der Waals surface area contributed by atoms with Gasteiger partial charge in [-0.15, -0.1) is 0 Å². The molecule has 0 radical (unpaired) electrons. The van der Waals surface area contributed by atoms with E-state index >= 15 is 0 Å². The Labute approximate surface area is 198 Å². The number of hydrogen-bond acceptors (Lipinski definition) is 5. The molecule has 34 heavy (non-hydrogen) atoms. The quantitative estimate of drug-likeness (QED) is 0.618. The fraction of sp³-hybridized carbons (Fsp3) is 0.423. The first-order valence-electron chi connectivity index (χ1n) is 11.6. The number of carbonyl (C=O) groups excluding carboxylic acids is 2. The predicted octanol–water partition coefficient (Wildman–Crippen LogP) is 3.40. The van der Waals surface area contributed by atoms with E-state index in [1.54, 1.807) is 0 Å². The number of carbonyl (C=O) groups is 3. The number of likely N-dealkylation sites (tertiary alicyclic amines) is 1. The third-order valence-corrected chi connectivity index (χ3v) is 6.94. The van der Waals surface area contributed by atoms with Gasteiger partial charge in [0.1, 0.15) is 6.61 Å². The van der Waals surface area contributed by atoms with Crippen LogP contribution in [0.3, 0.4) is 0 Å². The summed E-state index contributed by atoms with van der Waals surface area (Å²) < 4.78 is 10.8. The van der Waals surface area contributed by atoms with E-state index in [1.165, 1.54) is 12.0 Å². The van der Waals surface area contributed by atoms with E-state index < -0.39 is 23.7 Å². The van der Waals surface area contributed by atoms with Gasteiger partial charge in [0.15, 0.2) is 5.60 Å². The van der Waals surface area contributed by atoms with Gasteiger partial charge in [0, 0.05) is 38.5 Å². The number of amides is 2. The summed E-state index contributed by atoms with van der Waals surface area (Å²) in [5.41, 5.74) is 3.21. The van der Waals surface area contributed by atoms with E-state index in [2.05, 4.69) is 29.6 Å². The Hall–Kier alpha value is -3.39. The molecule has 2 atom stereocenters. The van der Waals surface area contributed by atoms with Crippen LogP contribution >= 0.6 is 0 Å². The third kappa shape index (κ3) is 4.50. The Morgan fingerprint density at radius 1 is 1.12 bits per heavy atom. The lowest BCUT2D eigenvalue weighted by Crippen LogP contribution is -2.45. The zero-order valence-corrected chi connectivity index (χ0v) is 19.5. The summed E-state index contributed by atoms with van der Waals surface area (Å²) in [4.78, 5) is 38.4. The number of carboxylic acids is 1. The highest BCUT2D eigenvalue weighted by Crippen LogP contribution is 2.44. The normalized spacial score (nSPS) is 19.9. The SMILES string of the molecule is CCC(CC(=O)N1CCC(OC)(C(=O)O)C1)NC(=O)OCC1c2ccccc2-c2ccccc21. The molecule has 2 amide bonds. The van der Waals surface area contributed by atoms with E-state index in [0.29, 0.717) is 13.0 Å². The largest absolute Gasteiger partial charge is 0.479 e. The Balaban J connectivity index is 1.33. The number of methoxy groups -OCH3 is 1. The maximum absolute atomic E-state index is 12.7. The lowest BCUT2D eigenvalue weighted by molar-refractivity contribution is -0.161. The molecule has 0 spiro atoms. The molecule has 1 heterocycles. The lowest BCUT2D eigenvalue weighted by atomic mass is 9.98. The summed E-state index contributed by atoms with van der Waals surface area (Å²) in [5.74, 6) is -1.33. The van der Waals surface area contributed by atoms with Gasteiger partial charge < -0.3 is 24.8 Å². The number of aliphatic carboxylic acids is 1. The maximum Gasteiger partial charge on any atom is 0.407 e. The number of rotatable bonds is 8. The zero-order valence-electron chi connectivity index (χ0n) is 19.5. The van der Waals surface area contributed by atoms with Gasteiger partial charge in [0.2, 0.25) is 5.91 Å². The van der Waals surface area contributed by atoms with Gasteiger partial charge in [0.25, 0.3) is 0 Å². The molecule has 1 saturated heterocycles. The molecule has 2 aromatic rings. The number of fused-ring (bicyclic) bond motifs is 3. The first-order valence-corrected chi connectivity index (χ1v) is 11.6. The lowest BCUT2D eigenvalue weighted by Gasteiger charge is -2.24. The van der Waals surface area contributed by atoms with Gasteiger partial charge in [-0.2, -0.15) is 0 Å². The summed E-state index contributed by atoms with van der Waals surface area (Å²) in [6.45, 7) is 2.38. The molecule has 180 valence electrons. The topological polar surface area (TPSA) is 105 Å². The fourth-order valence-corrected chi connectivity index (χ4v) is 4.87. The molecule has 0 saturated carbocycles. The van der Waals surface area contributed by atoms with E-state index in [0.717, 1.165) is 22.3 Å². The van der Waals surface area contributed by atoms with Gasteiger partial charge in [-0.25, -0.2) is 9.59 Å². The summed E-state index contributed by atoms with van der Waals surface area (Å²) in [5, 5.41) is 12.2. The Morgan fingerprint density at radius 2 is 1.74 bits per heavy atom. The van der Waals surface area contributed by atoms with Crippen molar-refractivity contribution in [3.63, 3.8) is 0 Å². The second-order valence-corrected chi connectivity index (χ2v) is 8.85.